The lowest BCUT2D eigenvalue weighted by Crippen LogP contribution is -2.45. The maximum absolute atomic E-state index is 12.5. The zero-order chi connectivity index (χ0) is 17.9. The van der Waals surface area contributed by atoms with E-state index >= 15 is 0 Å². The van der Waals surface area contributed by atoms with Crippen LogP contribution < -0.4 is 20.1 Å². The van der Waals surface area contributed by atoms with Crippen molar-refractivity contribution in [2.24, 2.45) is 0 Å². The Morgan fingerprint density at radius 1 is 1.21 bits per heavy atom. The van der Waals surface area contributed by atoms with Gasteiger partial charge in [-0.15, -0.1) is 0 Å². The Hall–Kier alpha value is -2.28. The van der Waals surface area contributed by atoms with Gasteiger partial charge in [-0.2, -0.15) is 0 Å². The van der Waals surface area contributed by atoms with Crippen molar-refractivity contribution in [3.63, 3.8) is 0 Å². The maximum Gasteiger partial charge on any atom is 0.338 e. The molecular formula is C17H22N2O4S. The molecule has 2 N–H and O–H groups in total. The largest absolute Gasteiger partial charge is 0.493 e. The molecule has 0 unspecified atom stereocenters. The van der Waals surface area contributed by atoms with Crippen LogP contribution >= 0.6 is 12.2 Å². The number of nitrogens with one attached hydrogen (secondary N) is 2. The molecule has 1 aromatic carbocycles. The summed E-state index contributed by atoms with van der Waals surface area (Å²) in [7, 11) is 3.14. The Labute approximate surface area is 147 Å². The molecule has 1 atom stereocenters. The second kappa shape index (κ2) is 7.53. The minimum atomic E-state index is -0.426. The summed E-state index contributed by atoms with van der Waals surface area (Å²) >= 11 is 5.23. The fourth-order valence-corrected chi connectivity index (χ4v) is 2.80. The summed E-state index contributed by atoms with van der Waals surface area (Å²) in [5.74, 6) is 0.810. The highest BCUT2D eigenvalue weighted by molar-refractivity contribution is 7.80. The van der Waals surface area contributed by atoms with Gasteiger partial charge in [-0.25, -0.2) is 4.79 Å². The van der Waals surface area contributed by atoms with Crippen molar-refractivity contribution >= 4 is 23.3 Å². The van der Waals surface area contributed by atoms with Crippen LogP contribution in [0.3, 0.4) is 0 Å². The van der Waals surface area contributed by atoms with Gasteiger partial charge in [-0.1, -0.05) is 6.07 Å². The minimum absolute atomic E-state index is 0.210. The Bertz CT molecular complexity index is 685. The third-order valence-corrected chi connectivity index (χ3v) is 3.79. The number of rotatable bonds is 5. The molecule has 7 heteroatoms. The Morgan fingerprint density at radius 3 is 2.46 bits per heavy atom. The summed E-state index contributed by atoms with van der Waals surface area (Å²) in [5.41, 5.74) is 1.99. The average molecular weight is 350 g/mol. The summed E-state index contributed by atoms with van der Waals surface area (Å²) in [6.07, 6.45) is -0.210. The summed E-state index contributed by atoms with van der Waals surface area (Å²) < 4.78 is 16.0. The van der Waals surface area contributed by atoms with E-state index in [9.17, 15) is 4.79 Å². The topological polar surface area (TPSA) is 68.8 Å². The zero-order valence-corrected chi connectivity index (χ0v) is 15.2. The predicted octanol–water partition coefficient (Wildman–Crippen LogP) is 2.45. The molecule has 6 nitrogen and oxygen atoms in total. The van der Waals surface area contributed by atoms with Crippen molar-refractivity contribution in [3.8, 4) is 11.5 Å². The first-order valence-electron chi connectivity index (χ1n) is 7.58. The number of methoxy groups -OCH3 is 2. The van der Waals surface area contributed by atoms with E-state index < -0.39 is 6.04 Å². The minimum Gasteiger partial charge on any atom is -0.493 e. The van der Waals surface area contributed by atoms with Gasteiger partial charge in [0.2, 0.25) is 0 Å². The van der Waals surface area contributed by atoms with Crippen molar-refractivity contribution in [2.45, 2.75) is 32.9 Å². The summed E-state index contributed by atoms with van der Waals surface area (Å²) in [6, 6.07) is 5.05. The first kappa shape index (κ1) is 18.1. The van der Waals surface area contributed by atoms with Crippen molar-refractivity contribution in [1.82, 2.24) is 10.6 Å². The fraction of sp³-hybridized carbons (Fsp3) is 0.412. The molecule has 0 fully saturated rings. The molecule has 0 aliphatic carbocycles. The highest BCUT2D eigenvalue weighted by Crippen LogP contribution is 2.34. The SMILES string of the molecule is COc1ccc([C@H]2NC(=S)NC(C)=C2C(=O)OC(C)C)cc1OC. The van der Waals surface area contributed by atoms with Crippen LogP contribution in [0.1, 0.15) is 32.4 Å². The molecular weight excluding hydrogens is 328 g/mol. The van der Waals surface area contributed by atoms with Gasteiger partial charge in [0.15, 0.2) is 16.6 Å². The van der Waals surface area contributed by atoms with E-state index in [4.69, 9.17) is 26.4 Å². The molecule has 1 aromatic rings. The molecule has 130 valence electrons. The fourth-order valence-electron chi connectivity index (χ4n) is 2.52. The van der Waals surface area contributed by atoms with E-state index in [1.807, 2.05) is 26.0 Å². The van der Waals surface area contributed by atoms with Crippen molar-refractivity contribution in [3.05, 3.63) is 35.0 Å². The molecule has 24 heavy (non-hydrogen) atoms. The van der Waals surface area contributed by atoms with Crippen LogP contribution in [0, 0.1) is 0 Å². The van der Waals surface area contributed by atoms with Crippen LogP contribution in [-0.2, 0) is 9.53 Å². The molecule has 0 radical (unpaired) electrons. The Morgan fingerprint density at radius 2 is 1.88 bits per heavy atom. The lowest BCUT2D eigenvalue weighted by Gasteiger charge is -2.30. The average Bonchev–Trinajstić information content (AvgIpc) is 2.52. The predicted molar refractivity (Wildman–Crippen MR) is 95.1 cm³/mol. The van der Waals surface area contributed by atoms with E-state index in [-0.39, 0.29) is 12.1 Å². The number of thiocarbonyl (C=S) groups is 1. The Kier molecular flexibility index (Phi) is 5.66. The standard InChI is InChI=1S/C17H22N2O4S/c1-9(2)23-16(20)14-10(3)18-17(24)19-15(14)11-6-7-12(21-4)13(8-11)22-5/h6-9,15H,1-5H3,(H2,18,19,24)/t15-/m1/s1. The van der Waals surface area contributed by atoms with Crippen LogP contribution in [0.5, 0.6) is 11.5 Å². The van der Waals surface area contributed by atoms with Crippen LogP contribution in [-0.4, -0.2) is 31.4 Å². The van der Waals surface area contributed by atoms with Crippen LogP contribution in [0.2, 0.25) is 0 Å². The number of carbonyl (C=O) groups excluding carboxylic acids is 1. The molecule has 0 aromatic heterocycles. The smallest absolute Gasteiger partial charge is 0.338 e. The van der Waals surface area contributed by atoms with E-state index in [0.29, 0.717) is 27.9 Å². The molecule has 0 spiro atoms. The number of benzene rings is 1. The summed E-state index contributed by atoms with van der Waals surface area (Å²) in [5, 5.41) is 6.55. The molecule has 2 rings (SSSR count). The molecule has 0 bridgehead atoms. The van der Waals surface area contributed by atoms with Crippen LogP contribution in [0.15, 0.2) is 29.5 Å². The third-order valence-electron chi connectivity index (χ3n) is 3.57. The molecule has 1 heterocycles. The number of allylic oxidation sites excluding steroid dienone is 1. The quantitative estimate of drug-likeness (QED) is 0.624. The third kappa shape index (κ3) is 3.79. The van der Waals surface area contributed by atoms with E-state index in [1.165, 1.54) is 0 Å². The van der Waals surface area contributed by atoms with E-state index in [2.05, 4.69) is 10.6 Å². The second-order valence-corrected chi connectivity index (χ2v) is 6.05. The molecule has 1 aliphatic rings. The summed E-state index contributed by atoms with van der Waals surface area (Å²) in [6.45, 7) is 5.43. The van der Waals surface area contributed by atoms with Crippen molar-refractivity contribution in [2.75, 3.05) is 14.2 Å². The van der Waals surface area contributed by atoms with Gasteiger partial charge in [-0.3, -0.25) is 0 Å². The van der Waals surface area contributed by atoms with Gasteiger partial charge in [0.25, 0.3) is 0 Å². The zero-order valence-electron chi connectivity index (χ0n) is 14.4. The van der Waals surface area contributed by atoms with Gasteiger partial charge >= 0.3 is 5.97 Å². The number of hydrogen-bond acceptors (Lipinski definition) is 5. The summed E-state index contributed by atoms with van der Waals surface area (Å²) in [4.78, 5) is 12.5. The van der Waals surface area contributed by atoms with Gasteiger partial charge in [-0.05, 0) is 50.7 Å². The van der Waals surface area contributed by atoms with E-state index in [0.717, 1.165) is 5.56 Å². The highest BCUT2D eigenvalue weighted by atomic mass is 32.1. The number of hydrogen-bond donors (Lipinski definition) is 2. The molecule has 0 saturated heterocycles. The normalized spacial score (nSPS) is 17.2. The molecule has 0 amide bonds. The van der Waals surface area contributed by atoms with E-state index in [1.54, 1.807) is 27.2 Å². The first-order valence-corrected chi connectivity index (χ1v) is 7.99. The number of ether oxygens (including phenoxy) is 3. The van der Waals surface area contributed by atoms with Gasteiger partial charge in [0.05, 0.1) is 31.9 Å². The monoisotopic (exact) mass is 350 g/mol. The Balaban J connectivity index is 2.47. The van der Waals surface area contributed by atoms with Gasteiger partial charge in [0, 0.05) is 5.70 Å². The van der Waals surface area contributed by atoms with Crippen molar-refractivity contribution in [1.29, 1.82) is 0 Å². The second-order valence-electron chi connectivity index (χ2n) is 5.64. The van der Waals surface area contributed by atoms with Crippen LogP contribution in [0.25, 0.3) is 0 Å². The van der Waals surface area contributed by atoms with Gasteiger partial charge in [0.1, 0.15) is 0 Å². The molecule has 0 saturated carbocycles. The van der Waals surface area contributed by atoms with Gasteiger partial charge < -0.3 is 24.8 Å². The lowest BCUT2D eigenvalue weighted by molar-refractivity contribution is -0.143. The first-order chi connectivity index (χ1) is 11.4. The molecule has 1 aliphatic heterocycles. The maximum atomic E-state index is 12.5. The van der Waals surface area contributed by atoms with Crippen LogP contribution in [0.4, 0.5) is 0 Å². The van der Waals surface area contributed by atoms with Crippen molar-refractivity contribution < 1.29 is 19.0 Å². The number of esters is 1. The lowest BCUT2D eigenvalue weighted by atomic mass is 9.95. The number of carbonyl (C=O) groups is 1. The highest BCUT2D eigenvalue weighted by Gasteiger charge is 2.31.